The molecule has 74 valence electrons. The number of aryl methyl sites for hydroxylation is 1. The van der Waals surface area contributed by atoms with Crippen LogP contribution in [0.4, 0.5) is 0 Å². The van der Waals surface area contributed by atoms with Crippen LogP contribution in [0.3, 0.4) is 0 Å². The molecule has 0 atom stereocenters. The molecule has 0 aliphatic rings. The van der Waals surface area contributed by atoms with Gasteiger partial charge < -0.3 is 5.73 Å². The minimum Gasteiger partial charge on any atom is -0.325 e. The zero-order valence-electron chi connectivity index (χ0n) is 8.37. The third-order valence-corrected chi connectivity index (χ3v) is 2.15. The Bertz CT molecular complexity index is 230. The van der Waals surface area contributed by atoms with E-state index in [1.165, 1.54) is 25.7 Å². The number of aromatic nitrogens is 2. The van der Waals surface area contributed by atoms with E-state index in [0.717, 1.165) is 12.2 Å². The zero-order chi connectivity index (χ0) is 9.52. The molecule has 13 heavy (non-hydrogen) atoms. The first-order valence-electron chi connectivity index (χ1n) is 5.09. The van der Waals surface area contributed by atoms with Crippen molar-refractivity contribution >= 4 is 0 Å². The van der Waals surface area contributed by atoms with Crippen LogP contribution >= 0.6 is 0 Å². The van der Waals surface area contributed by atoms with Gasteiger partial charge in [-0.1, -0.05) is 26.2 Å². The van der Waals surface area contributed by atoms with Crippen molar-refractivity contribution in [2.24, 2.45) is 5.73 Å². The minimum atomic E-state index is 0.544. The lowest BCUT2D eigenvalue weighted by atomic mass is 10.2. The van der Waals surface area contributed by atoms with Crippen LogP contribution < -0.4 is 5.73 Å². The van der Waals surface area contributed by atoms with Gasteiger partial charge in [0.1, 0.15) is 0 Å². The van der Waals surface area contributed by atoms with Gasteiger partial charge in [-0.25, -0.2) is 0 Å². The summed E-state index contributed by atoms with van der Waals surface area (Å²) in [6, 6.07) is 1.99. The number of rotatable bonds is 6. The van der Waals surface area contributed by atoms with Gasteiger partial charge in [0.05, 0.1) is 5.69 Å². The average Bonchev–Trinajstić information content (AvgIpc) is 2.60. The van der Waals surface area contributed by atoms with Crippen LogP contribution in [-0.2, 0) is 13.1 Å². The molecule has 1 heterocycles. The lowest BCUT2D eigenvalue weighted by molar-refractivity contribution is 0.537. The van der Waals surface area contributed by atoms with Gasteiger partial charge in [0.15, 0.2) is 0 Å². The second kappa shape index (κ2) is 5.75. The molecule has 0 spiro atoms. The molecule has 0 aromatic carbocycles. The van der Waals surface area contributed by atoms with Crippen molar-refractivity contribution in [1.82, 2.24) is 9.78 Å². The molecule has 0 unspecified atom stereocenters. The molecule has 1 rings (SSSR count). The smallest absolute Gasteiger partial charge is 0.0760 e. The third kappa shape index (κ3) is 3.59. The van der Waals surface area contributed by atoms with E-state index in [9.17, 15) is 0 Å². The fourth-order valence-corrected chi connectivity index (χ4v) is 1.34. The van der Waals surface area contributed by atoms with E-state index in [0.29, 0.717) is 6.54 Å². The van der Waals surface area contributed by atoms with E-state index < -0.39 is 0 Å². The fourth-order valence-electron chi connectivity index (χ4n) is 1.34. The molecular formula is C10H19N3. The number of hydrogen-bond donors (Lipinski definition) is 1. The first-order chi connectivity index (χ1) is 6.36. The van der Waals surface area contributed by atoms with Gasteiger partial charge in [-0.15, -0.1) is 0 Å². The predicted octanol–water partition coefficient (Wildman–Crippen LogP) is 1.92. The average molecular weight is 181 g/mol. The van der Waals surface area contributed by atoms with Crippen LogP contribution in [0.1, 0.15) is 38.3 Å². The summed E-state index contributed by atoms with van der Waals surface area (Å²) < 4.78 is 1.98. The van der Waals surface area contributed by atoms with Crippen molar-refractivity contribution in [3.63, 3.8) is 0 Å². The van der Waals surface area contributed by atoms with Crippen LogP contribution in [0.25, 0.3) is 0 Å². The molecule has 0 aliphatic heterocycles. The van der Waals surface area contributed by atoms with Crippen LogP contribution in [0.15, 0.2) is 12.3 Å². The normalized spacial score (nSPS) is 10.6. The van der Waals surface area contributed by atoms with Gasteiger partial charge in [-0.3, -0.25) is 4.68 Å². The van der Waals surface area contributed by atoms with Gasteiger partial charge in [-0.05, 0) is 12.5 Å². The van der Waals surface area contributed by atoms with Crippen LogP contribution in [0, 0.1) is 0 Å². The van der Waals surface area contributed by atoms with Crippen molar-refractivity contribution in [3.8, 4) is 0 Å². The maximum atomic E-state index is 5.46. The number of nitrogens with two attached hydrogens (primary N) is 1. The zero-order valence-corrected chi connectivity index (χ0v) is 8.37. The number of unbranched alkanes of at least 4 members (excludes halogenated alkanes) is 3. The maximum Gasteiger partial charge on any atom is 0.0760 e. The third-order valence-electron chi connectivity index (χ3n) is 2.15. The molecule has 3 heteroatoms. The molecule has 1 aromatic rings. The van der Waals surface area contributed by atoms with E-state index >= 15 is 0 Å². The highest BCUT2D eigenvalue weighted by Gasteiger charge is 1.95. The van der Waals surface area contributed by atoms with Crippen molar-refractivity contribution in [2.45, 2.75) is 45.7 Å². The first kappa shape index (κ1) is 10.3. The molecule has 0 aliphatic carbocycles. The van der Waals surface area contributed by atoms with E-state index in [1.54, 1.807) is 0 Å². The summed E-state index contributed by atoms with van der Waals surface area (Å²) >= 11 is 0. The second-order valence-electron chi connectivity index (χ2n) is 3.33. The summed E-state index contributed by atoms with van der Waals surface area (Å²) in [4.78, 5) is 0. The van der Waals surface area contributed by atoms with Crippen molar-refractivity contribution < 1.29 is 0 Å². The topological polar surface area (TPSA) is 43.8 Å². The lowest BCUT2D eigenvalue weighted by Gasteiger charge is -2.00. The standard InChI is InChI=1S/C10H19N3/c1-2-3-4-5-7-13-8-6-10(9-11)12-13/h6,8H,2-5,7,9,11H2,1H3. The van der Waals surface area contributed by atoms with Crippen LogP contribution in [0.5, 0.6) is 0 Å². The second-order valence-corrected chi connectivity index (χ2v) is 3.33. The van der Waals surface area contributed by atoms with E-state index in [4.69, 9.17) is 5.73 Å². The lowest BCUT2D eigenvalue weighted by Crippen LogP contribution is -2.02. The quantitative estimate of drug-likeness (QED) is 0.681. The predicted molar refractivity (Wildman–Crippen MR) is 54.3 cm³/mol. The van der Waals surface area contributed by atoms with E-state index in [-0.39, 0.29) is 0 Å². The molecule has 0 saturated heterocycles. The maximum absolute atomic E-state index is 5.46. The number of hydrogen-bond acceptors (Lipinski definition) is 2. The van der Waals surface area contributed by atoms with Crippen LogP contribution in [-0.4, -0.2) is 9.78 Å². The highest BCUT2D eigenvalue weighted by atomic mass is 15.3. The Labute approximate surface area is 79.9 Å². The molecule has 0 saturated carbocycles. The minimum absolute atomic E-state index is 0.544. The van der Waals surface area contributed by atoms with Crippen molar-refractivity contribution in [1.29, 1.82) is 0 Å². The molecule has 0 bridgehead atoms. The van der Waals surface area contributed by atoms with E-state index in [1.807, 2.05) is 16.9 Å². The van der Waals surface area contributed by atoms with Gasteiger partial charge in [0.2, 0.25) is 0 Å². The fraction of sp³-hybridized carbons (Fsp3) is 0.700. The summed E-state index contributed by atoms with van der Waals surface area (Å²) in [6.45, 7) is 3.79. The van der Waals surface area contributed by atoms with Crippen molar-refractivity contribution in [3.05, 3.63) is 18.0 Å². The molecule has 0 radical (unpaired) electrons. The highest BCUT2D eigenvalue weighted by Crippen LogP contribution is 2.02. The molecule has 1 aromatic heterocycles. The van der Waals surface area contributed by atoms with Gasteiger partial charge in [0, 0.05) is 19.3 Å². The number of nitrogens with zero attached hydrogens (tertiary/aromatic N) is 2. The summed E-state index contributed by atoms with van der Waals surface area (Å²) in [7, 11) is 0. The van der Waals surface area contributed by atoms with Crippen LogP contribution in [0.2, 0.25) is 0 Å². The Morgan fingerprint density at radius 2 is 2.23 bits per heavy atom. The Kier molecular flexibility index (Phi) is 4.54. The molecule has 0 fully saturated rings. The van der Waals surface area contributed by atoms with Gasteiger partial charge >= 0.3 is 0 Å². The Morgan fingerprint density at radius 1 is 1.38 bits per heavy atom. The summed E-state index contributed by atoms with van der Waals surface area (Å²) in [5.74, 6) is 0. The summed E-state index contributed by atoms with van der Waals surface area (Å²) in [5.41, 5.74) is 6.45. The van der Waals surface area contributed by atoms with E-state index in [2.05, 4.69) is 12.0 Å². The van der Waals surface area contributed by atoms with Gasteiger partial charge in [0.25, 0.3) is 0 Å². The Morgan fingerprint density at radius 3 is 2.85 bits per heavy atom. The van der Waals surface area contributed by atoms with Crippen molar-refractivity contribution in [2.75, 3.05) is 0 Å². The summed E-state index contributed by atoms with van der Waals surface area (Å²) in [6.07, 6.45) is 7.14. The highest BCUT2D eigenvalue weighted by molar-refractivity contribution is 4.97. The Balaban J connectivity index is 2.20. The largest absolute Gasteiger partial charge is 0.325 e. The summed E-state index contributed by atoms with van der Waals surface area (Å²) in [5, 5.41) is 4.32. The monoisotopic (exact) mass is 181 g/mol. The molecule has 3 nitrogen and oxygen atoms in total. The van der Waals surface area contributed by atoms with Gasteiger partial charge in [-0.2, -0.15) is 5.10 Å². The SMILES string of the molecule is CCCCCCn1ccc(CN)n1. The Hall–Kier alpha value is -0.830. The first-order valence-corrected chi connectivity index (χ1v) is 5.09. The molecule has 2 N–H and O–H groups in total. The molecule has 0 amide bonds. The molecular weight excluding hydrogens is 162 g/mol.